The van der Waals surface area contributed by atoms with Gasteiger partial charge in [0.05, 0.1) is 27.9 Å². The summed E-state index contributed by atoms with van der Waals surface area (Å²) < 4.78 is 7.09. The van der Waals surface area contributed by atoms with Crippen LogP contribution in [0.2, 0.25) is 0 Å². The van der Waals surface area contributed by atoms with Crippen LogP contribution in [0.5, 0.6) is 11.8 Å². The van der Waals surface area contributed by atoms with E-state index in [0.717, 1.165) is 0 Å². The summed E-state index contributed by atoms with van der Waals surface area (Å²) in [5.74, 6) is -2.79. The van der Waals surface area contributed by atoms with Crippen molar-refractivity contribution in [2.45, 2.75) is 37.3 Å². The molecule has 2 atom stereocenters. The van der Waals surface area contributed by atoms with Crippen LogP contribution in [0.25, 0.3) is 16.6 Å². The SMILES string of the molecule is C[C@]12CC(O)(O)[C@](C)(O1)c1c2c(O)n(-c2ccc(C#N)c3ncccc23)c1O. The van der Waals surface area contributed by atoms with Crippen molar-refractivity contribution in [3.05, 3.63) is 47.2 Å². The molecule has 1 aromatic carbocycles. The molecular formula is C20H17N3O5. The number of nitrogens with zero attached hydrogens (tertiary/aromatic N) is 3. The lowest BCUT2D eigenvalue weighted by molar-refractivity contribution is -0.242. The van der Waals surface area contributed by atoms with Gasteiger partial charge in [0.15, 0.2) is 11.4 Å². The third kappa shape index (κ3) is 1.72. The molecule has 0 saturated carbocycles. The zero-order valence-electron chi connectivity index (χ0n) is 15.1. The molecule has 0 radical (unpaired) electrons. The average Bonchev–Trinajstić information content (AvgIpc) is 3.12. The highest BCUT2D eigenvalue weighted by Gasteiger charge is 2.71. The van der Waals surface area contributed by atoms with Crippen molar-refractivity contribution in [1.82, 2.24) is 9.55 Å². The summed E-state index contributed by atoms with van der Waals surface area (Å²) >= 11 is 0. The number of fused-ring (bicyclic) bond motifs is 6. The normalized spacial score (nSPS) is 27.1. The quantitative estimate of drug-likeness (QED) is 0.474. The molecule has 0 aliphatic carbocycles. The first-order valence-corrected chi connectivity index (χ1v) is 8.75. The lowest BCUT2D eigenvalue weighted by atomic mass is 9.76. The predicted octanol–water partition coefficient (Wildman–Crippen LogP) is 1.85. The molecule has 2 bridgehead atoms. The Morgan fingerprint density at radius 3 is 2.57 bits per heavy atom. The van der Waals surface area contributed by atoms with Gasteiger partial charge in [0.1, 0.15) is 11.7 Å². The molecule has 3 aromatic rings. The smallest absolute Gasteiger partial charge is 0.205 e. The molecule has 2 aromatic heterocycles. The van der Waals surface area contributed by atoms with E-state index in [1.807, 2.05) is 0 Å². The van der Waals surface area contributed by atoms with E-state index in [0.29, 0.717) is 27.7 Å². The van der Waals surface area contributed by atoms with Crippen molar-refractivity contribution in [3.8, 4) is 23.5 Å². The number of benzene rings is 1. The van der Waals surface area contributed by atoms with E-state index < -0.39 is 17.0 Å². The average molecular weight is 379 g/mol. The lowest BCUT2D eigenvalue weighted by Gasteiger charge is -2.33. The first-order valence-electron chi connectivity index (χ1n) is 8.75. The van der Waals surface area contributed by atoms with Crippen molar-refractivity contribution in [3.63, 3.8) is 0 Å². The topological polar surface area (TPSA) is 132 Å². The summed E-state index contributed by atoms with van der Waals surface area (Å²) in [4.78, 5) is 4.25. The van der Waals surface area contributed by atoms with Crippen LogP contribution < -0.4 is 0 Å². The number of ether oxygens (including phenoxy) is 1. The molecule has 4 heterocycles. The number of hydrogen-bond acceptors (Lipinski definition) is 7. The third-order valence-corrected chi connectivity index (χ3v) is 6.01. The summed E-state index contributed by atoms with van der Waals surface area (Å²) in [7, 11) is 0. The van der Waals surface area contributed by atoms with Crippen LogP contribution >= 0.6 is 0 Å². The fourth-order valence-corrected chi connectivity index (χ4v) is 4.77. The second kappa shape index (κ2) is 4.83. The molecule has 2 aliphatic heterocycles. The minimum absolute atomic E-state index is 0.143. The van der Waals surface area contributed by atoms with Gasteiger partial charge in [-0.1, -0.05) is 0 Å². The summed E-state index contributed by atoms with van der Waals surface area (Å²) in [6.45, 7) is 3.12. The van der Waals surface area contributed by atoms with Crippen molar-refractivity contribution >= 4 is 10.9 Å². The fraction of sp³-hybridized carbons (Fsp3) is 0.300. The first-order chi connectivity index (χ1) is 13.1. The zero-order valence-corrected chi connectivity index (χ0v) is 15.1. The van der Waals surface area contributed by atoms with Gasteiger partial charge in [0.25, 0.3) is 0 Å². The Balaban J connectivity index is 1.86. The van der Waals surface area contributed by atoms with Gasteiger partial charge in [0.2, 0.25) is 11.8 Å². The molecule has 2 aliphatic rings. The predicted molar refractivity (Wildman–Crippen MR) is 96.7 cm³/mol. The number of aromatic hydroxyl groups is 2. The van der Waals surface area contributed by atoms with Gasteiger partial charge in [-0.15, -0.1) is 0 Å². The Hall–Kier alpha value is -3.12. The molecule has 28 heavy (non-hydrogen) atoms. The maximum Gasteiger partial charge on any atom is 0.205 e. The maximum absolute atomic E-state index is 11.0. The van der Waals surface area contributed by atoms with E-state index in [-0.39, 0.29) is 23.7 Å². The molecule has 8 nitrogen and oxygen atoms in total. The fourth-order valence-electron chi connectivity index (χ4n) is 4.77. The number of hydrogen-bond donors (Lipinski definition) is 4. The number of nitriles is 1. The number of aliphatic hydroxyl groups is 2. The third-order valence-electron chi connectivity index (χ3n) is 6.01. The Morgan fingerprint density at radius 1 is 1.14 bits per heavy atom. The van der Waals surface area contributed by atoms with Crippen LogP contribution in [0, 0.1) is 11.3 Å². The molecule has 4 N–H and O–H groups in total. The van der Waals surface area contributed by atoms with Gasteiger partial charge in [-0.3, -0.25) is 9.55 Å². The molecule has 1 saturated heterocycles. The Kier molecular flexibility index (Phi) is 2.93. The highest BCUT2D eigenvalue weighted by Crippen LogP contribution is 2.67. The van der Waals surface area contributed by atoms with E-state index in [4.69, 9.17) is 4.74 Å². The van der Waals surface area contributed by atoms with Crippen LogP contribution in [0.3, 0.4) is 0 Å². The van der Waals surface area contributed by atoms with Crippen LogP contribution in [-0.2, 0) is 15.9 Å². The second-order valence-electron chi connectivity index (χ2n) is 7.74. The van der Waals surface area contributed by atoms with Crippen LogP contribution in [-0.4, -0.2) is 35.8 Å². The Labute approximate surface area is 159 Å². The molecule has 1 fully saturated rings. The van der Waals surface area contributed by atoms with E-state index >= 15 is 0 Å². The van der Waals surface area contributed by atoms with Crippen molar-refractivity contribution in [1.29, 1.82) is 5.26 Å². The van der Waals surface area contributed by atoms with Crippen molar-refractivity contribution < 1.29 is 25.2 Å². The minimum atomic E-state index is -2.20. The van der Waals surface area contributed by atoms with Gasteiger partial charge >= 0.3 is 0 Å². The minimum Gasteiger partial charge on any atom is -0.494 e. The number of rotatable bonds is 1. The molecule has 0 spiro atoms. The highest BCUT2D eigenvalue weighted by molar-refractivity contribution is 5.92. The molecule has 8 heteroatoms. The van der Waals surface area contributed by atoms with Crippen molar-refractivity contribution in [2.75, 3.05) is 0 Å². The van der Waals surface area contributed by atoms with Gasteiger partial charge in [-0.25, -0.2) is 0 Å². The number of aromatic nitrogens is 2. The van der Waals surface area contributed by atoms with E-state index in [9.17, 15) is 25.7 Å². The lowest BCUT2D eigenvalue weighted by Crippen LogP contribution is -2.47. The molecular weight excluding hydrogens is 362 g/mol. The van der Waals surface area contributed by atoms with Crippen LogP contribution in [0.15, 0.2) is 30.5 Å². The van der Waals surface area contributed by atoms with Crippen molar-refractivity contribution in [2.24, 2.45) is 0 Å². The van der Waals surface area contributed by atoms with E-state index in [1.165, 1.54) is 11.5 Å². The van der Waals surface area contributed by atoms with E-state index in [1.54, 1.807) is 37.4 Å². The zero-order chi connectivity index (χ0) is 20.1. The summed E-state index contributed by atoms with van der Waals surface area (Å²) in [5.41, 5.74) is -1.07. The van der Waals surface area contributed by atoms with Crippen LogP contribution in [0.4, 0.5) is 0 Å². The molecule has 0 amide bonds. The number of pyridine rings is 1. The standard InChI is InChI=1S/C20H17N3O5/c1-18-9-20(26,27)19(2,28-18)14-13(18)16(24)23(17(14)25)12-6-5-10(8-21)15-11(12)4-3-7-22-15/h3-7,24-27H,9H2,1-2H3/t18-,19-/m1/s1. The van der Waals surface area contributed by atoms with Gasteiger partial charge in [-0.05, 0) is 38.1 Å². The van der Waals surface area contributed by atoms with Gasteiger partial charge in [0, 0.05) is 18.0 Å². The Morgan fingerprint density at radius 2 is 1.86 bits per heavy atom. The molecule has 0 unspecified atom stereocenters. The summed E-state index contributed by atoms with van der Waals surface area (Å²) in [6, 6.07) is 8.68. The first kappa shape index (κ1) is 17.0. The van der Waals surface area contributed by atoms with E-state index in [2.05, 4.69) is 11.1 Å². The van der Waals surface area contributed by atoms with Gasteiger partial charge < -0.3 is 25.2 Å². The maximum atomic E-state index is 11.0. The van der Waals surface area contributed by atoms with Gasteiger partial charge in [-0.2, -0.15) is 5.26 Å². The van der Waals surface area contributed by atoms with Crippen LogP contribution in [0.1, 0.15) is 37.0 Å². The second-order valence-corrected chi connectivity index (χ2v) is 7.74. The summed E-state index contributed by atoms with van der Waals surface area (Å²) in [6.07, 6.45) is 1.42. The molecule has 142 valence electrons. The Bertz CT molecular complexity index is 1220. The largest absolute Gasteiger partial charge is 0.494 e. The monoisotopic (exact) mass is 379 g/mol. The highest BCUT2D eigenvalue weighted by atomic mass is 16.6. The molecule has 5 rings (SSSR count). The summed E-state index contributed by atoms with van der Waals surface area (Å²) in [5, 5.41) is 52.9.